The Labute approximate surface area is 107 Å². The fourth-order valence-corrected chi connectivity index (χ4v) is 2.87. The number of hydrogen-bond acceptors (Lipinski definition) is 4. The summed E-state index contributed by atoms with van der Waals surface area (Å²) in [5.74, 6) is 0.215. The van der Waals surface area contributed by atoms with E-state index in [0.29, 0.717) is 12.6 Å². The number of likely N-dealkylation sites (N-methyl/N-ethyl adjacent to an activating group) is 1. The molecule has 2 aliphatic rings. The first-order valence-electron chi connectivity index (χ1n) is 6.36. The van der Waals surface area contributed by atoms with Crippen molar-refractivity contribution in [2.24, 2.45) is 0 Å². The molecule has 0 radical (unpaired) electrons. The van der Waals surface area contributed by atoms with Crippen molar-refractivity contribution in [2.75, 3.05) is 33.2 Å². The number of carbonyl (C=O) groups excluding carboxylic acids is 1. The van der Waals surface area contributed by atoms with Gasteiger partial charge >= 0.3 is 0 Å². The molecule has 1 aromatic rings. The van der Waals surface area contributed by atoms with Gasteiger partial charge in [-0.15, -0.1) is 0 Å². The molecule has 96 valence electrons. The van der Waals surface area contributed by atoms with Crippen molar-refractivity contribution >= 4 is 5.91 Å². The molecular formula is C13H18N4O. The van der Waals surface area contributed by atoms with Gasteiger partial charge in [0.15, 0.2) is 0 Å². The molecule has 2 unspecified atom stereocenters. The van der Waals surface area contributed by atoms with Crippen LogP contribution in [0.5, 0.6) is 0 Å². The predicted octanol–water partition coefficient (Wildman–Crippen LogP) is -0.132. The molecule has 0 saturated carbocycles. The topological polar surface area (TPSA) is 48.5 Å². The predicted molar refractivity (Wildman–Crippen MR) is 68.0 cm³/mol. The second-order valence-corrected chi connectivity index (χ2v) is 5.06. The summed E-state index contributed by atoms with van der Waals surface area (Å²) in [5.41, 5.74) is 1.24. The van der Waals surface area contributed by atoms with Gasteiger partial charge in [0, 0.05) is 51.2 Å². The highest BCUT2D eigenvalue weighted by atomic mass is 16.2. The average Bonchev–Trinajstić information content (AvgIpc) is 2.40. The van der Waals surface area contributed by atoms with E-state index in [0.717, 1.165) is 19.6 Å². The van der Waals surface area contributed by atoms with Crippen LogP contribution in [-0.2, 0) is 4.79 Å². The number of piperazine rings is 2. The number of nitrogens with zero attached hydrogens (tertiary/aromatic N) is 3. The van der Waals surface area contributed by atoms with E-state index in [-0.39, 0.29) is 11.9 Å². The molecule has 0 spiro atoms. The number of fused-ring (bicyclic) bond motifs is 1. The van der Waals surface area contributed by atoms with Gasteiger partial charge in [-0.1, -0.05) is 0 Å². The van der Waals surface area contributed by atoms with Gasteiger partial charge in [-0.3, -0.25) is 14.7 Å². The Morgan fingerprint density at radius 3 is 2.89 bits per heavy atom. The maximum absolute atomic E-state index is 11.9. The first-order valence-corrected chi connectivity index (χ1v) is 6.36. The van der Waals surface area contributed by atoms with E-state index in [9.17, 15) is 4.79 Å². The zero-order chi connectivity index (χ0) is 12.5. The van der Waals surface area contributed by atoms with Crippen molar-refractivity contribution in [1.29, 1.82) is 0 Å². The number of pyridine rings is 1. The summed E-state index contributed by atoms with van der Waals surface area (Å²) in [6.45, 7) is 3.19. The lowest BCUT2D eigenvalue weighted by molar-refractivity contribution is -0.139. The Morgan fingerprint density at radius 2 is 2.11 bits per heavy atom. The molecule has 5 heteroatoms. The largest absolute Gasteiger partial charge is 0.343 e. The monoisotopic (exact) mass is 246 g/mol. The number of nitrogens with one attached hydrogen (secondary N) is 1. The molecule has 3 heterocycles. The smallest absolute Gasteiger partial charge is 0.236 e. The molecule has 0 aliphatic carbocycles. The van der Waals surface area contributed by atoms with Gasteiger partial charge in [-0.25, -0.2) is 0 Å². The number of amides is 1. The standard InChI is InChI=1S/C13H18N4O/c1-16-8-11-6-15-7-12(17(11)9-13(16)18)10-2-4-14-5-3-10/h2-5,11-12,15H,6-9H2,1H3. The normalized spacial score (nSPS) is 29.2. The summed E-state index contributed by atoms with van der Waals surface area (Å²) >= 11 is 0. The van der Waals surface area contributed by atoms with E-state index >= 15 is 0 Å². The van der Waals surface area contributed by atoms with Crippen LogP contribution < -0.4 is 5.32 Å². The van der Waals surface area contributed by atoms with Gasteiger partial charge in [0.05, 0.1) is 6.54 Å². The Morgan fingerprint density at radius 1 is 1.33 bits per heavy atom. The minimum atomic E-state index is 0.215. The summed E-state index contributed by atoms with van der Waals surface area (Å²) in [5, 5.41) is 3.47. The van der Waals surface area contributed by atoms with Gasteiger partial charge in [0.1, 0.15) is 0 Å². The molecule has 5 nitrogen and oxygen atoms in total. The molecule has 2 atom stereocenters. The van der Waals surface area contributed by atoms with Crippen LogP contribution in [0.3, 0.4) is 0 Å². The lowest BCUT2D eigenvalue weighted by atomic mass is 9.99. The third-order valence-corrected chi connectivity index (χ3v) is 3.91. The summed E-state index contributed by atoms with van der Waals surface area (Å²) in [6, 6.07) is 4.78. The van der Waals surface area contributed by atoms with Gasteiger partial charge < -0.3 is 10.2 Å². The number of aromatic nitrogens is 1. The van der Waals surface area contributed by atoms with Crippen LogP contribution in [0.15, 0.2) is 24.5 Å². The summed E-state index contributed by atoms with van der Waals surface area (Å²) in [6.07, 6.45) is 3.63. The zero-order valence-electron chi connectivity index (χ0n) is 10.5. The fourth-order valence-electron chi connectivity index (χ4n) is 2.87. The van der Waals surface area contributed by atoms with E-state index in [4.69, 9.17) is 0 Å². The summed E-state index contributed by atoms with van der Waals surface area (Å²) < 4.78 is 0. The molecule has 2 fully saturated rings. The lowest BCUT2D eigenvalue weighted by Crippen LogP contribution is -2.63. The molecule has 18 heavy (non-hydrogen) atoms. The van der Waals surface area contributed by atoms with Crippen molar-refractivity contribution in [3.63, 3.8) is 0 Å². The minimum Gasteiger partial charge on any atom is -0.343 e. The highest BCUT2D eigenvalue weighted by molar-refractivity contribution is 5.79. The lowest BCUT2D eigenvalue weighted by Gasteiger charge is -2.47. The Bertz CT molecular complexity index is 436. The third-order valence-electron chi connectivity index (χ3n) is 3.91. The van der Waals surface area contributed by atoms with E-state index in [1.165, 1.54) is 5.56 Å². The van der Waals surface area contributed by atoms with Crippen LogP contribution >= 0.6 is 0 Å². The van der Waals surface area contributed by atoms with Gasteiger partial charge in [0.25, 0.3) is 0 Å². The second kappa shape index (κ2) is 4.66. The van der Waals surface area contributed by atoms with Crippen molar-refractivity contribution in [3.8, 4) is 0 Å². The van der Waals surface area contributed by atoms with Crippen LogP contribution in [0, 0.1) is 0 Å². The van der Waals surface area contributed by atoms with E-state index in [1.54, 1.807) is 0 Å². The molecule has 1 N–H and O–H groups in total. The molecule has 0 aromatic carbocycles. The van der Waals surface area contributed by atoms with Crippen LogP contribution in [0.1, 0.15) is 11.6 Å². The maximum atomic E-state index is 11.9. The van der Waals surface area contributed by atoms with E-state index < -0.39 is 0 Å². The van der Waals surface area contributed by atoms with Crippen molar-refractivity contribution in [2.45, 2.75) is 12.1 Å². The summed E-state index contributed by atoms with van der Waals surface area (Å²) in [7, 11) is 1.88. The highest BCUT2D eigenvalue weighted by Crippen LogP contribution is 2.27. The van der Waals surface area contributed by atoms with Crippen molar-refractivity contribution in [1.82, 2.24) is 20.1 Å². The molecule has 2 aliphatic heterocycles. The first kappa shape index (κ1) is 11.6. The number of hydrogen-bond donors (Lipinski definition) is 1. The third kappa shape index (κ3) is 2.00. The van der Waals surface area contributed by atoms with E-state index in [2.05, 4.69) is 15.2 Å². The quantitative estimate of drug-likeness (QED) is 0.750. The highest BCUT2D eigenvalue weighted by Gasteiger charge is 2.37. The molecule has 2 saturated heterocycles. The van der Waals surface area contributed by atoms with Gasteiger partial charge in [-0.2, -0.15) is 0 Å². The van der Waals surface area contributed by atoms with Crippen LogP contribution in [0.25, 0.3) is 0 Å². The number of carbonyl (C=O) groups is 1. The maximum Gasteiger partial charge on any atom is 0.236 e. The van der Waals surface area contributed by atoms with Crippen molar-refractivity contribution in [3.05, 3.63) is 30.1 Å². The first-order chi connectivity index (χ1) is 8.75. The molecule has 1 aromatic heterocycles. The van der Waals surface area contributed by atoms with Crippen LogP contribution in [0.2, 0.25) is 0 Å². The Balaban J connectivity index is 1.85. The molecule has 0 bridgehead atoms. The van der Waals surface area contributed by atoms with Gasteiger partial charge in [0.2, 0.25) is 5.91 Å². The Kier molecular flexibility index (Phi) is 3.01. The van der Waals surface area contributed by atoms with Crippen LogP contribution in [0.4, 0.5) is 0 Å². The number of rotatable bonds is 1. The molecular weight excluding hydrogens is 228 g/mol. The second-order valence-electron chi connectivity index (χ2n) is 5.06. The zero-order valence-corrected chi connectivity index (χ0v) is 10.5. The Hall–Kier alpha value is -1.46. The SMILES string of the molecule is CN1CC2CNCC(c3ccncc3)N2CC1=O. The van der Waals surface area contributed by atoms with Gasteiger partial charge in [-0.05, 0) is 17.7 Å². The molecule has 3 rings (SSSR count). The average molecular weight is 246 g/mol. The van der Waals surface area contributed by atoms with Crippen molar-refractivity contribution < 1.29 is 4.79 Å². The fraction of sp³-hybridized carbons (Fsp3) is 0.538. The molecule has 1 amide bonds. The van der Waals surface area contributed by atoms with E-state index in [1.807, 2.05) is 36.5 Å². The van der Waals surface area contributed by atoms with Crippen LogP contribution in [-0.4, -0.2) is 60.0 Å². The minimum absolute atomic E-state index is 0.215. The summed E-state index contributed by atoms with van der Waals surface area (Å²) in [4.78, 5) is 20.1.